The lowest BCUT2D eigenvalue weighted by molar-refractivity contribution is 0.0640. The van der Waals surface area contributed by atoms with Crippen molar-refractivity contribution in [3.8, 4) is 0 Å². The molecule has 19 heavy (non-hydrogen) atoms. The Bertz CT molecular complexity index is 565. The Morgan fingerprint density at radius 3 is 2.74 bits per heavy atom. The van der Waals surface area contributed by atoms with E-state index in [0.29, 0.717) is 23.4 Å². The predicted molar refractivity (Wildman–Crippen MR) is 76.3 cm³/mol. The number of imide groups is 1. The maximum atomic E-state index is 12.3. The molecule has 2 heterocycles. The minimum atomic E-state index is -0.207. The number of carbonyl (C=O) groups is 2. The molecule has 0 aromatic heterocycles. The summed E-state index contributed by atoms with van der Waals surface area (Å²) in [6.07, 6.45) is 2.20. The lowest BCUT2D eigenvalue weighted by Gasteiger charge is -2.27. The van der Waals surface area contributed by atoms with E-state index in [4.69, 9.17) is 5.73 Å². The van der Waals surface area contributed by atoms with Crippen LogP contribution in [-0.4, -0.2) is 33.8 Å². The molecule has 1 saturated heterocycles. The molecule has 4 nitrogen and oxygen atoms in total. The van der Waals surface area contributed by atoms with Crippen LogP contribution in [-0.2, 0) is 0 Å². The van der Waals surface area contributed by atoms with E-state index in [1.807, 2.05) is 11.8 Å². The smallest absolute Gasteiger partial charge is 0.261 e. The summed E-state index contributed by atoms with van der Waals surface area (Å²) < 4.78 is -0.00108. The first-order valence-corrected chi connectivity index (χ1v) is 7.38. The van der Waals surface area contributed by atoms with Crippen LogP contribution in [0.25, 0.3) is 0 Å². The van der Waals surface area contributed by atoms with Gasteiger partial charge in [-0.3, -0.25) is 14.5 Å². The lowest BCUT2D eigenvalue weighted by Crippen LogP contribution is -2.40. The molecule has 2 aliphatic rings. The minimum absolute atomic E-state index is 0.00108. The summed E-state index contributed by atoms with van der Waals surface area (Å²) in [5, 5.41) is 0. The normalized spacial score (nSPS) is 26.1. The fourth-order valence-electron chi connectivity index (χ4n) is 2.75. The average Bonchev–Trinajstić information content (AvgIpc) is 2.89. The highest BCUT2D eigenvalue weighted by Gasteiger charge is 2.41. The third kappa shape index (κ3) is 2.02. The molecule has 1 aromatic rings. The number of nitrogen functional groups attached to an aromatic ring is 1. The second kappa shape index (κ2) is 4.27. The summed E-state index contributed by atoms with van der Waals surface area (Å²) in [5.41, 5.74) is 7.12. The molecule has 0 aliphatic carbocycles. The first kappa shape index (κ1) is 12.5. The number of anilines is 1. The van der Waals surface area contributed by atoms with Crippen LogP contribution in [0.15, 0.2) is 18.2 Å². The predicted octanol–water partition coefficient (Wildman–Crippen LogP) is 2.15. The van der Waals surface area contributed by atoms with Crippen molar-refractivity contribution in [3.05, 3.63) is 29.3 Å². The maximum absolute atomic E-state index is 12.3. The van der Waals surface area contributed by atoms with Crippen LogP contribution in [0.5, 0.6) is 0 Å². The van der Waals surface area contributed by atoms with E-state index >= 15 is 0 Å². The standard InChI is InChI=1S/C14H16N2O2S/c1-14(5-2-6-19-14)8-16-12(17)10-4-3-9(15)7-11(10)13(16)18/h3-4,7H,2,5-6,8,15H2,1H3. The number of carbonyl (C=O) groups excluding carboxylic acids is 2. The van der Waals surface area contributed by atoms with Gasteiger partial charge in [0, 0.05) is 17.0 Å². The summed E-state index contributed by atoms with van der Waals surface area (Å²) in [7, 11) is 0. The highest BCUT2D eigenvalue weighted by molar-refractivity contribution is 8.00. The molecule has 100 valence electrons. The van der Waals surface area contributed by atoms with Gasteiger partial charge in [0.15, 0.2) is 0 Å². The molecule has 1 unspecified atom stereocenters. The van der Waals surface area contributed by atoms with Crippen molar-refractivity contribution in [1.82, 2.24) is 4.90 Å². The first-order chi connectivity index (χ1) is 9.00. The van der Waals surface area contributed by atoms with Gasteiger partial charge in [0.2, 0.25) is 0 Å². The van der Waals surface area contributed by atoms with Crippen LogP contribution in [0.1, 0.15) is 40.5 Å². The Balaban J connectivity index is 1.90. The number of amides is 2. The molecule has 0 bridgehead atoms. The van der Waals surface area contributed by atoms with Gasteiger partial charge in [-0.15, -0.1) is 0 Å². The zero-order valence-corrected chi connectivity index (χ0v) is 11.6. The lowest BCUT2D eigenvalue weighted by atomic mass is 10.1. The molecule has 5 heteroatoms. The second-order valence-corrected chi connectivity index (χ2v) is 7.09. The SMILES string of the molecule is CC1(CN2C(=O)c3ccc(N)cc3C2=O)CCCS1. The number of nitrogens with two attached hydrogens (primary N) is 1. The van der Waals surface area contributed by atoms with Crippen LogP contribution >= 0.6 is 11.8 Å². The zero-order valence-electron chi connectivity index (χ0n) is 10.8. The number of hydrogen-bond acceptors (Lipinski definition) is 4. The molecule has 1 atom stereocenters. The van der Waals surface area contributed by atoms with Crippen molar-refractivity contribution in [2.24, 2.45) is 0 Å². The van der Waals surface area contributed by atoms with Gasteiger partial charge in [0.1, 0.15) is 0 Å². The van der Waals surface area contributed by atoms with Gasteiger partial charge in [-0.1, -0.05) is 0 Å². The van der Waals surface area contributed by atoms with E-state index in [-0.39, 0.29) is 16.6 Å². The molecular formula is C14H16N2O2S. The summed E-state index contributed by atoms with van der Waals surface area (Å²) in [4.78, 5) is 26.0. The highest BCUT2D eigenvalue weighted by atomic mass is 32.2. The van der Waals surface area contributed by atoms with Crippen LogP contribution in [0.3, 0.4) is 0 Å². The van der Waals surface area contributed by atoms with Gasteiger partial charge in [0.05, 0.1) is 11.1 Å². The van der Waals surface area contributed by atoms with Crippen molar-refractivity contribution in [2.75, 3.05) is 18.0 Å². The fourth-order valence-corrected chi connectivity index (χ4v) is 4.04. The molecule has 0 saturated carbocycles. The summed E-state index contributed by atoms with van der Waals surface area (Å²) in [6, 6.07) is 4.91. The van der Waals surface area contributed by atoms with E-state index in [2.05, 4.69) is 6.92 Å². The van der Waals surface area contributed by atoms with E-state index in [9.17, 15) is 9.59 Å². The number of thioether (sulfide) groups is 1. The Morgan fingerprint density at radius 1 is 1.32 bits per heavy atom. The molecule has 1 aromatic carbocycles. The number of benzene rings is 1. The monoisotopic (exact) mass is 276 g/mol. The zero-order chi connectivity index (χ0) is 13.6. The van der Waals surface area contributed by atoms with Gasteiger partial charge in [-0.05, 0) is 43.7 Å². The molecule has 0 radical (unpaired) electrons. The van der Waals surface area contributed by atoms with Crippen LogP contribution < -0.4 is 5.73 Å². The molecule has 2 N–H and O–H groups in total. The Morgan fingerprint density at radius 2 is 2.05 bits per heavy atom. The number of nitrogens with zero attached hydrogens (tertiary/aromatic N) is 1. The summed E-state index contributed by atoms with van der Waals surface area (Å²) >= 11 is 1.85. The third-order valence-electron chi connectivity index (χ3n) is 3.79. The topological polar surface area (TPSA) is 63.4 Å². The van der Waals surface area contributed by atoms with Crippen LogP contribution in [0, 0.1) is 0 Å². The second-order valence-electron chi connectivity index (χ2n) is 5.40. The molecule has 1 fully saturated rings. The van der Waals surface area contributed by atoms with Crippen molar-refractivity contribution in [3.63, 3.8) is 0 Å². The fraction of sp³-hybridized carbons (Fsp3) is 0.429. The Kier molecular flexibility index (Phi) is 2.82. The van der Waals surface area contributed by atoms with Gasteiger partial charge >= 0.3 is 0 Å². The van der Waals surface area contributed by atoms with Gasteiger partial charge in [-0.25, -0.2) is 0 Å². The van der Waals surface area contributed by atoms with E-state index in [0.717, 1.165) is 18.6 Å². The number of hydrogen-bond donors (Lipinski definition) is 1. The molecule has 2 aliphatic heterocycles. The average molecular weight is 276 g/mol. The number of rotatable bonds is 2. The Hall–Kier alpha value is -1.49. The Labute approximate surface area is 116 Å². The van der Waals surface area contributed by atoms with Gasteiger partial charge in [0.25, 0.3) is 11.8 Å². The quantitative estimate of drug-likeness (QED) is 0.664. The van der Waals surface area contributed by atoms with Crippen LogP contribution in [0.4, 0.5) is 5.69 Å². The van der Waals surface area contributed by atoms with Crippen molar-refractivity contribution < 1.29 is 9.59 Å². The molecule has 3 rings (SSSR count). The highest BCUT2D eigenvalue weighted by Crippen LogP contribution is 2.39. The minimum Gasteiger partial charge on any atom is -0.399 e. The summed E-state index contributed by atoms with van der Waals surface area (Å²) in [5.74, 6) is 0.710. The maximum Gasteiger partial charge on any atom is 0.261 e. The largest absolute Gasteiger partial charge is 0.399 e. The van der Waals surface area contributed by atoms with Crippen LogP contribution in [0.2, 0.25) is 0 Å². The first-order valence-electron chi connectivity index (χ1n) is 6.40. The van der Waals surface area contributed by atoms with Gasteiger partial charge < -0.3 is 5.73 Å². The van der Waals surface area contributed by atoms with Crippen molar-refractivity contribution in [1.29, 1.82) is 0 Å². The van der Waals surface area contributed by atoms with E-state index in [1.165, 1.54) is 4.90 Å². The van der Waals surface area contributed by atoms with E-state index < -0.39 is 0 Å². The third-order valence-corrected chi connectivity index (χ3v) is 5.31. The van der Waals surface area contributed by atoms with Crippen molar-refractivity contribution in [2.45, 2.75) is 24.5 Å². The molecular weight excluding hydrogens is 260 g/mol. The summed E-state index contributed by atoms with van der Waals surface area (Å²) in [6.45, 7) is 2.62. The molecule has 2 amide bonds. The van der Waals surface area contributed by atoms with E-state index in [1.54, 1.807) is 18.2 Å². The van der Waals surface area contributed by atoms with Crippen molar-refractivity contribution >= 4 is 29.3 Å². The number of fused-ring (bicyclic) bond motifs is 1. The van der Waals surface area contributed by atoms with Gasteiger partial charge in [-0.2, -0.15) is 11.8 Å². The molecule has 0 spiro atoms.